The van der Waals surface area contributed by atoms with Crippen molar-refractivity contribution in [2.75, 3.05) is 49.1 Å². The first-order chi connectivity index (χ1) is 16.4. The number of amides is 1. The van der Waals surface area contributed by atoms with Crippen molar-refractivity contribution in [3.8, 4) is 0 Å². The molecule has 0 radical (unpaired) electrons. The molecule has 2 saturated heterocycles. The molecule has 2 heterocycles. The summed E-state index contributed by atoms with van der Waals surface area (Å²) in [5, 5.41) is 2.90. The summed E-state index contributed by atoms with van der Waals surface area (Å²) in [5.74, 6) is -1.16. The summed E-state index contributed by atoms with van der Waals surface area (Å²) >= 11 is 6.33. The summed E-state index contributed by atoms with van der Waals surface area (Å²) in [7, 11) is -4.08. The van der Waals surface area contributed by atoms with Gasteiger partial charge in [0.25, 0.3) is 0 Å². The molecule has 2 aliphatic rings. The zero-order chi connectivity index (χ0) is 25.5. The fourth-order valence-corrected chi connectivity index (χ4v) is 6.53. The number of sulfonamides is 1. The summed E-state index contributed by atoms with van der Waals surface area (Å²) in [4.78, 5) is 14.9. The van der Waals surface area contributed by atoms with E-state index >= 15 is 0 Å². The molecule has 35 heavy (non-hydrogen) atoms. The summed E-state index contributed by atoms with van der Waals surface area (Å²) < 4.78 is 81.8. The highest BCUT2D eigenvalue weighted by atomic mass is 35.5. The third kappa shape index (κ3) is 5.11. The minimum atomic E-state index is -4.76. The molecule has 2 fully saturated rings. The predicted octanol–water partition coefficient (Wildman–Crippen LogP) is 3.33. The number of carbonyl (C=O) groups excluding carboxylic acids is 1. The third-order valence-corrected chi connectivity index (χ3v) is 8.57. The van der Waals surface area contributed by atoms with Gasteiger partial charge in [-0.15, -0.1) is 0 Å². The van der Waals surface area contributed by atoms with E-state index in [2.05, 4.69) is 5.32 Å². The van der Waals surface area contributed by atoms with E-state index in [1.807, 2.05) is 0 Å². The molecular weight excluding hydrogens is 512 g/mol. The molecule has 0 aliphatic carbocycles. The Kier molecular flexibility index (Phi) is 7.02. The number of hydrogen-bond acceptors (Lipinski definition) is 5. The van der Waals surface area contributed by atoms with E-state index in [1.165, 1.54) is 32.3 Å². The van der Waals surface area contributed by atoms with Crippen LogP contribution in [0.4, 0.5) is 28.9 Å². The van der Waals surface area contributed by atoms with Gasteiger partial charge >= 0.3 is 6.18 Å². The second-order valence-corrected chi connectivity index (χ2v) is 10.7. The molecule has 1 atom stereocenters. The second-order valence-electron chi connectivity index (χ2n) is 8.41. The van der Waals surface area contributed by atoms with Crippen LogP contribution in [0, 0.1) is 5.82 Å². The molecule has 2 aliphatic heterocycles. The smallest absolute Gasteiger partial charge is 0.368 e. The molecule has 2 aromatic carbocycles. The van der Waals surface area contributed by atoms with Crippen LogP contribution in [0.2, 0.25) is 5.02 Å². The third-order valence-electron chi connectivity index (χ3n) is 6.07. The number of nitrogens with zero attached hydrogens (tertiary/aromatic N) is 3. The van der Waals surface area contributed by atoms with Gasteiger partial charge in [0.05, 0.1) is 17.1 Å². The van der Waals surface area contributed by atoms with Gasteiger partial charge in [-0.2, -0.15) is 17.5 Å². The van der Waals surface area contributed by atoms with E-state index < -0.39 is 33.6 Å². The number of piperazine rings is 2. The van der Waals surface area contributed by atoms with E-state index in [4.69, 9.17) is 11.6 Å². The maximum atomic E-state index is 13.5. The van der Waals surface area contributed by atoms with Crippen LogP contribution in [0.15, 0.2) is 41.3 Å². The number of nitrogens with one attached hydrogen (secondary N) is 1. The molecule has 2 aromatic rings. The van der Waals surface area contributed by atoms with Crippen LogP contribution in [-0.4, -0.2) is 63.9 Å². The maximum Gasteiger partial charge on any atom is 0.418 e. The summed E-state index contributed by atoms with van der Waals surface area (Å²) in [6.07, 6.45) is -4.76. The zero-order valence-electron chi connectivity index (χ0n) is 18.6. The normalized spacial score (nSPS) is 20.4. The largest absolute Gasteiger partial charge is 0.418 e. The zero-order valence-corrected chi connectivity index (χ0v) is 20.2. The standard InChI is InChI=1S/C22H23ClF4N4O3S/c1-14-13-29(19-4-2-15(24)10-17(19)22(25,26)27)8-9-31(14)35(33,34)20-5-3-16(11-18(20)23)30-7-6-28-12-21(30)32/h2-5,10-11,14,28H,6-9,12-13H2,1H3/t14-/m1/s1. The highest BCUT2D eigenvalue weighted by molar-refractivity contribution is 7.89. The topological polar surface area (TPSA) is 73.0 Å². The second kappa shape index (κ2) is 9.57. The molecule has 4 rings (SSSR count). The van der Waals surface area contributed by atoms with Gasteiger partial charge in [-0.1, -0.05) is 11.6 Å². The molecule has 7 nitrogen and oxygen atoms in total. The van der Waals surface area contributed by atoms with Crippen molar-refractivity contribution in [1.29, 1.82) is 0 Å². The Balaban J connectivity index is 1.56. The number of benzene rings is 2. The monoisotopic (exact) mass is 534 g/mol. The Morgan fingerprint density at radius 3 is 2.46 bits per heavy atom. The van der Waals surface area contributed by atoms with E-state index in [-0.39, 0.29) is 47.7 Å². The maximum absolute atomic E-state index is 13.5. The molecular formula is C22H23ClF4N4O3S. The van der Waals surface area contributed by atoms with Crippen molar-refractivity contribution in [2.24, 2.45) is 0 Å². The van der Waals surface area contributed by atoms with Crippen LogP contribution in [0.3, 0.4) is 0 Å². The van der Waals surface area contributed by atoms with Gasteiger partial charge in [0, 0.05) is 50.1 Å². The highest BCUT2D eigenvalue weighted by Crippen LogP contribution is 2.38. The minimum Gasteiger partial charge on any atom is -0.368 e. The lowest BCUT2D eigenvalue weighted by Crippen LogP contribution is -2.54. The van der Waals surface area contributed by atoms with Crippen molar-refractivity contribution in [3.05, 3.63) is 52.8 Å². The lowest BCUT2D eigenvalue weighted by atomic mass is 10.1. The molecule has 1 N–H and O–H groups in total. The first kappa shape index (κ1) is 25.7. The fraction of sp³-hybridized carbons (Fsp3) is 0.409. The number of hydrogen-bond donors (Lipinski definition) is 1. The first-order valence-corrected chi connectivity index (χ1v) is 12.7. The Morgan fingerprint density at radius 2 is 1.83 bits per heavy atom. The molecule has 0 bridgehead atoms. The predicted molar refractivity (Wildman–Crippen MR) is 124 cm³/mol. The highest BCUT2D eigenvalue weighted by Gasteiger charge is 2.39. The number of halogens is 5. The van der Waals surface area contributed by atoms with Gasteiger partial charge in [0.15, 0.2) is 0 Å². The quantitative estimate of drug-likeness (QED) is 0.609. The minimum absolute atomic E-state index is 0.0245. The lowest BCUT2D eigenvalue weighted by molar-refractivity contribution is -0.137. The van der Waals surface area contributed by atoms with Crippen molar-refractivity contribution in [1.82, 2.24) is 9.62 Å². The van der Waals surface area contributed by atoms with Gasteiger partial charge < -0.3 is 15.1 Å². The van der Waals surface area contributed by atoms with Crippen molar-refractivity contribution < 1.29 is 30.8 Å². The number of carbonyl (C=O) groups is 1. The van der Waals surface area contributed by atoms with Crippen LogP contribution in [-0.2, 0) is 21.0 Å². The average molecular weight is 535 g/mol. The molecule has 1 amide bonds. The van der Waals surface area contributed by atoms with Crippen molar-refractivity contribution in [3.63, 3.8) is 0 Å². The molecule has 0 aromatic heterocycles. The fourth-order valence-electron chi connectivity index (χ4n) is 4.40. The van der Waals surface area contributed by atoms with Crippen LogP contribution in [0.5, 0.6) is 0 Å². The summed E-state index contributed by atoms with van der Waals surface area (Å²) in [6, 6.07) is 6.02. The SMILES string of the molecule is C[C@@H]1CN(c2ccc(F)cc2C(F)(F)F)CCN1S(=O)(=O)c1ccc(N2CCNCC2=O)cc1Cl. The van der Waals surface area contributed by atoms with Crippen LogP contribution < -0.4 is 15.1 Å². The molecule has 190 valence electrons. The van der Waals surface area contributed by atoms with E-state index in [0.29, 0.717) is 24.8 Å². The number of anilines is 2. The first-order valence-electron chi connectivity index (χ1n) is 10.8. The van der Waals surface area contributed by atoms with Gasteiger partial charge in [-0.25, -0.2) is 12.8 Å². The Hall–Kier alpha value is -2.41. The Morgan fingerprint density at radius 1 is 1.09 bits per heavy atom. The van der Waals surface area contributed by atoms with Gasteiger partial charge in [-0.05, 0) is 43.3 Å². The van der Waals surface area contributed by atoms with Crippen molar-refractivity contribution >= 4 is 38.9 Å². The van der Waals surface area contributed by atoms with Crippen LogP contribution in [0.25, 0.3) is 0 Å². The molecule has 0 saturated carbocycles. The number of alkyl halides is 3. The van der Waals surface area contributed by atoms with Gasteiger partial charge in [0.2, 0.25) is 15.9 Å². The van der Waals surface area contributed by atoms with Gasteiger partial charge in [-0.3, -0.25) is 4.79 Å². The van der Waals surface area contributed by atoms with Gasteiger partial charge in [0.1, 0.15) is 10.7 Å². The number of rotatable bonds is 4. The average Bonchev–Trinajstić information content (AvgIpc) is 2.78. The van der Waals surface area contributed by atoms with E-state index in [0.717, 1.165) is 12.1 Å². The Bertz CT molecular complexity index is 1240. The van der Waals surface area contributed by atoms with E-state index in [9.17, 15) is 30.8 Å². The van der Waals surface area contributed by atoms with Crippen LogP contribution >= 0.6 is 11.6 Å². The molecule has 13 heteroatoms. The molecule has 0 spiro atoms. The van der Waals surface area contributed by atoms with E-state index in [1.54, 1.807) is 6.92 Å². The summed E-state index contributed by atoms with van der Waals surface area (Å²) in [5.41, 5.74) is -0.831. The van der Waals surface area contributed by atoms with Crippen molar-refractivity contribution in [2.45, 2.75) is 24.0 Å². The lowest BCUT2D eigenvalue weighted by Gasteiger charge is -2.41. The Labute approximate surface area is 205 Å². The summed E-state index contributed by atoms with van der Waals surface area (Å²) in [6.45, 7) is 2.62. The molecule has 0 unspecified atom stereocenters. The van der Waals surface area contributed by atoms with Crippen LogP contribution in [0.1, 0.15) is 12.5 Å².